The zero-order valence-corrected chi connectivity index (χ0v) is 18.6. The summed E-state index contributed by atoms with van der Waals surface area (Å²) in [5.74, 6) is -0.450. The number of para-hydroxylation sites is 2. The predicted octanol–water partition coefficient (Wildman–Crippen LogP) is 4.55. The molecule has 4 rings (SSSR count). The molecule has 0 aliphatic heterocycles. The lowest BCUT2D eigenvalue weighted by atomic mass is 10.3. The number of aromatic nitrogens is 5. The molecular weight excluding hydrogens is 454 g/mol. The van der Waals surface area contributed by atoms with Crippen LogP contribution in [0.2, 0.25) is 0 Å². The third kappa shape index (κ3) is 4.58. The molecule has 0 aliphatic rings. The molecule has 0 aliphatic carbocycles. The summed E-state index contributed by atoms with van der Waals surface area (Å²) >= 11 is 0. The number of carbonyl (C=O) groups excluding carboxylic acids is 1. The number of imidazole rings is 1. The summed E-state index contributed by atoms with van der Waals surface area (Å²) in [6, 6.07) is 9.07. The van der Waals surface area contributed by atoms with E-state index in [-0.39, 0.29) is 17.3 Å². The number of nitrogens with one attached hydrogen (secondary N) is 1. The lowest BCUT2D eigenvalue weighted by Crippen LogP contribution is -2.27. The Morgan fingerprint density at radius 2 is 1.79 bits per heavy atom. The third-order valence-corrected chi connectivity index (χ3v) is 5.57. The summed E-state index contributed by atoms with van der Waals surface area (Å²) < 4.78 is 55.6. The largest absolute Gasteiger partial charge is 0.309 e. The van der Waals surface area contributed by atoms with Crippen molar-refractivity contribution in [3.63, 3.8) is 0 Å². The van der Waals surface area contributed by atoms with Crippen molar-refractivity contribution in [3.05, 3.63) is 53.5 Å². The van der Waals surface area contributed by atoms with Crippen LogP contribution in [0, 0.1) is 0 Å². The van der Waals surface area contributed by atoms with E-state index in [9.17, 15) is 22.4 Å². The minimum atomic E-state index is -3.08. The number of nitrogens with zero attached hydrogens (tertiary/aromatic N) is 6. The van der Waals surface area contributed by atoms with Crippen molar-refractivity contribution in [1.82, 2.24) is 29.0 Å². The normalized spacial score (nSPS) is 12.0. The van der Waals surface area contributed by atoms with Crippen LogP contribution in [0.3, 0.4) is 0 Å². The maximum Gasteiger partial charge on any atom is 0.280 e. The number of likely N-dealkylation sites (N-methyl/N-ethyl adjacent to an activating group) is 1. The van der Waals surface area contributed by atoms with Gasteiger partial charge in [-0.15, -0.1) is 0 Å². The summed E-state index contributed by atoms with van der Waals surface area (Å²) in [5, 5.41) is 6.56. The molecule has 1 N–H and O–H groups in total. The van der Waals surface area contributed by atoms with Crippen molar-refractivity contribution >= 4 is 28.5 Å². The van der Waals surface area contributed by atoms with E-state index in [2.05, 4.69) is 39.1 Å². The Hall–Kier alpha value is -3.54. The molecule has 0 saturated carbocycles. The highest BCUT2D eigenvalue weighted by Crippen LogP contribution is 2.26. The Morgan fingerprint density at radius 1 is 1.06 bits per heavy atom. The Bertz CT molecular complexity index is 1310. The summed E-state index contributed by atoms with van der Waals surface area (Å²) in [4.78, 5) is 23.3. The molecule has 0 unspecified atom stereocenters. The second kappa shape index (κ2) is 9.75. The summed E-state index contributed by atoms with van der Waals surface area (Å²) in [7, 11) is 0. The van der Waals surface area contributed by atoms with Gasteiger partial charge in [0.25, 0.3) is 18.8 Å². The molecule has 4 aromatic rings. The van der Waals surface area contributed by atoms with Gasteiger partial charge in [0.2, 0.25) is 5.95 Å². The summed E-state index contributed by atoms with van der Waals surface area (Å²) in [6.45, 7) is 7.13. The second-order valence-corrected chi connectivity index (χ2v) is 7.56. The van der Waals surface area contributed by atoms with Crippen LogP contribution in [0.15, 0.2) is 36.4 Å². The molecule has 12 heteroatoms. The van der Waals surface area contributed by atoms with Gasteiger partial charge in [0, 0.05) is 19.2 Å². The van der Waals surface area contributed by atoms with Crippen LogP contribution < -0.4 is 5.32 Å². The lowest BCUT2D eigenvalue weighted by molar-refractivity contribution is 0.101. The molecule has 0 fully saturated rings. The zero-order valence-electron chi connectivity index (χ0n) is 18.6. The number of anilines is 1. The predicted molar refractivity (Wildman–Crippen MR) is 118 cm³/mol. The molecule has 8 nitrogen and oxygen atoms in total. The lowest BCUT2D eigenvalue weighted by Gasteiger charge is -2.19. The second-order valence-electron chi connectivity index (χ2n) is 7.56. The third-order valence-electron chi connectivity index (χ3n) is 5.57. The average molecular weight is 477 g/mol. The van der Waals surface area contributed by atoms with Crippen LogP contribution in [-0.2, 0) is 6.54 Å². The van der Waals surface area contributed by atoms with Crippen molar-refractivity contribution in [1.29, 1.82) is 0 Å². The van der Waals surface area contributed by atoms with E-state index >= 15 is 0 Å². The molecule has 0 spiro atoms. The molecule has 0 bridgehead atoms. The fraction of sp³-hybridized carbons (Fsp3) is 0.364. The van der Waals surface area contributed by atoms with E-state index in [0.29, 0.717) is 22.6 Å². The number of halogens is 4. The molecule has 34 heavy (non-hydrogen) atoms. The number of rotatable bonds is 9. The maximum atomic E-state index is 13.4. The van der Waals surface area contributed by atoms with Gasteiger partial charge in [-0.25, -0.2) is 32.0 Å². The molecule has 1 aromatic carbocycles. The quantitative estimate of drug-likeness (QED) is 0.358. The topological polar surface area (TPSA) is 80.3 Å². The highest BCUT2D eigenvalue weighted by molar-refractivity contribution is 6.03. The van der Waals surface area contributed by atoms with Crippen LogP contribution in [0.25, 0.3) is 16.7 Å². The first-order chi connectivity index (χ1) is 16.3. The number of fused-ring (bicyclic) bond motifs is 2. The fourth-order valence-corrected chi connectivity index (χ4v) is 3.74. The fourth-order valence-electron chi connectivity index (χ4n) is 3.74. The van der Waals surface area contributed by atoms with Gasteiger partial charge < -0.3 is 9.47 Å². The minimum absolute atomic E-state index is 0.247. The molecule has 0 radical (unpaired) electrons. The SMILES string of the molecule is CCN(CC)CCn1c(NC(=O)c2cc3nc(C(F)F)cc(C(F)F)n3n2)nc2ccccc21. The van der Waals surface area contributed by atoms with Crippen molar-refractivity contribution in [2.24, 2.45) is 0 Å². The van der Waals surface area contributed by atoms with E-state index in [1.54, 1.807) is 0 Å². The van der Waals surface area contributed by atoms with Crippen LogP contribution in [0.4, 0.5) is 23.5 Å². The van der Waals surface area contributed by atoms with Gasteiger partial charge in [-0.2, -0.15) is 5.10 Å². The summed E-state index contributed by atoms with van der Waals surface area (Å²) in [5.41, 5.74) is -0.603. The number of benzene rings is 1. The molecule has 3 heterocycles. The van der Waals surface area contributed by atoms with Crippen LogP contribution in [0.1, 0.15) is 48.6 Å². The Morgan fingerprint density at radius 3 is 2.47 bits per heavy atom. The van der Waals surface area contributed by atoms with E-state index in [4.69, 9.17) is 0 Å². The number of carbonyl (C=O) groups is 1. The standard InChI is InChI=1S/C22H23F4N7O/c1-3-31(4-2)9-10-32-16-8-6-5-7-13(16)28-22(32)29-21(34)15-12-18-27-14(19(23)24)11-17(20(25)26)33(18)30-15/h5-8,11-12,19-20H,3-4,9-10H2,1-2H3,(H,28,29,34). The monoisotopic (exact) mass is 477 g/mol. The first-order valence-electron chi connectivity index (χ1n) is 10.8. The zero-order chi connectivity index (χ0) is 24.4. The molecule has 1 amide bonds. The van der Waals surface area contributed by atoms with Crippen LogP contribution in [-0.4, -0.2) is 54.6 Å². The van der Waals surface area contributed by atoms with Gasteiger partial charge in [0.05, 0.1) is 11.0 Å². The number of alkyl halides is 4. The summed E-state index contributed by atoms with van der Waals surface area (Å²) in [6.07, 6.45) is -6.12. The van der Waals surface area contributed by atoms with E-state index in [0.717, 1.165) is 31.2 Å². The van der Waals surface area contributed by atoms with Gasteiger partial charge in [0.15, 0.2) is 11.3 Å². The molecular formula is C22H23F4N7O. The molecule has 0 atom stereocenters. The number of hydrogen-bond donors (Lipinski definition) is 1. The molecule has 0 saturated heterocycles. The van der Waals surface area contributed by atoms with Gasteiger partial charge in [-0.3, -0.25) is 10.1 Å². The first-order valence-corrected chi connectivity index (χ1v) is 10.8. The first kappa shape index (κ1) is 23.6. The van der Waals surface area contributed by atoms with Gasteiger partial charge in [-0.05, 0) is 31.3 Å². The van der Waals surface area contributed by atoms with Gasteiger partial charge in [0.1, 0.15) is 11.4 Å². The van der Waals surface area contributed by atoms with E-state index in [1.807, 2.05) is 28.8 Å². The Balaban J connectivity index is 1.68. The Kier molecular flexibility index (Phi) is 6.77. The smallest absolute Gasteiger partial charge is 0.280 e. The van der Waals surface area contributed by atoms with E-state index in [1.165, 1.54) is 0 Å². The van der Waals surface area contributed by atoms with Crippen molar-refractivity contribution in [3.8, 4) is 0 Å². The number of amides is 1. The van der Waals surface area contributed by atoms with Crippen molar-refractivity contribution in [2.45, 2.75) is 33.2 Å². The highest BCUT2D eigenvalue weighted by Gasteiger charge is 2.23. The maximum absolute atomic E-state index is 13.4. The average Bonchev–Trinajstić information content (AvgIpc) is 3.40. The van der Waals surface area contributed by atoms with E-state index < -0.39 is 30.1 Å². The molecule has 3 aromatic heterocycles. The number of hydrogen-bond acceptors (Lipinski definition) is 5. The minimum Gasteiger partial charge on any atom is -0.309 e. The highest BCUT2D eigenvalue weighted by atomic mass is 19.3. The van der Waals surface area contributed by atoms with Gasteiger partial charge >= 0.3 is 0 Å². The van der Waals surface area contributed by atoms with Crippen LogP contribution in [0.5, 0.6) is 0 Å². The van der Waals surface area contributed by atoms with Gasteiger partial charge in [-0.1, -0.05) is 26.0 Å². The van der Waals surface area contributed by atoms with Crippen molar-refractivity contribution < 1.29 is 22.4 Å². The van der Waals surface area contributed by atoms with Crippen LogP contribution >= 0.6 is 0 Å². The molecule has 180 valence electrons. The Labute approximate surface area is 192 Å². The van der Waals surface area contributed by atoms with Crippen molar-refractivity contribution in [2.75, 3.05) is 25.0 Å².